The summed E-state index contributed by atoms with van der Waals surface area (Å²) in [5.74, 6) is -0.936. The number of aromatic carboxylic acids is 1. The summed E-state index contributed by atoms with van der Waals surface area (Å²) >= 11 is 3.51. The number of aryl methyl sites for hydroxylation is 2. The molecule has 0 radical (unpaired) electrons. The third-order valence-electron chi connectivity index (χ3n) is 2.87. The standard InChI is InChI=1S/C15H14BrNO2/c1-9-7-11(8-10(2)14(9)16)17-13-6-4-3-5-12(13)15(18)19/h3-8,17H,1-2H3,(H,18,19). The Morgan fingerprint density at radius 3 is 2.32 bits per heavy atom. The van der Waals surface area contributed by atoms with Gasteiger partial charge < -0.3 is 10.4 Å². The van der Waals surface area contributed by atoms with Crippen LogP contribution in [-0.4, -0.2) is 11.1 Å². The Bertz CT molecular complexity index is 615. The molecule has 4 heteroatoms. The zero-order valence-corrected chi connectivity index (χ0v) is 12.3. The molecule has 98 valence electrons. The Morgan fingerprint density at radius 1 is 1.16 bits per heavy atom. The maximum Gasteiger partial charge on any atom is 0.337 e. The first-order chi connectivity index (χ1) is 8.99. The van der Waals surface area contributed by atoms with Gasteiger partial charge in [-0.05, 0) is 49.2 Å². The van der Waals surface area contributed by atoms with Crippen molar-refractivity contribution in [2.24, 2.45) is 0 Å². The van der Waals surface area contributed by atoms with E-state index in [1.54, 1.807) is 18.2 Å². The minimum atomic E-state index is -0.936. The van der Waals surface area contributed by atoms with Crippen molar-refractivity contribution in [3.8, 4) is 0 Å². The summed E-state index contributed by atoms with van der Waals surface area (Å²) in [6.07, 6.45) is 0. The summed E-state index contributed by atoms with van der Waals surface area (Å²) in [4.78, 5) is 11.2. The van der Waals surface area contributed by atoms with Gasteiger partial charge in [-0.1, -0.05) is 28.1 Å². The number of rotatable bonds is 3. The molecule has 2 rings (SSSR count). The van der Waals surface area contributed by atoms with Crippen LogP contribution < -0.4 is 5.32 Å². The topological polar surface area (TPSA) is 49.3 Å². The molecule has 2 aromatic rings. The van der Waals surface area contributed by atoms with E-state index in [2.05, 4.69) is 21.2 Å². The Kier molecular flexibility index (Phi) is 3.90. The lowest BCUT2D eigenvalue weighted by Gasteiger charge is -2.12. The Morgan fingerprint density at radius 2 is 1.74 bits per heavy atom. The van der Waals surface area contributed by atoms with Crippen LogP contribution in [0.25, 0.3) is 0 Å². The Balaban J connectivity index is 2.39. The van der Waals surface area contributed by atoms with Crippen molar-refractivity contribution in [3.63, 3.8) is 0 Å². The largest absolute Gasteiger partial charge is 0.478 e. The fourth-order valence-corrected chi connectivity index (χ4v) is 2.18. The van der Waals surface area contributed by atoms with Gasteiger partial charge in [0.05, 0.1) is 11.3 Å². The van der Waals surface area contributed by atoms with Crippen LogP contribution in [-0.2, 0) is 0 Å². The number of carbonyl (C=O) groups is 1. The molecule has 2 N–H and O–H groups in total. The van der Waals surface area contributed by atoms with Crippen molar-refractivity contribution in [1.29, 1.82) is 0 Å². The number of carboxylic acid groups (broad SMARTS) is 1. The van der Waals surface area contributed by atoms with Gasteiger partial charge in [-0.3, -0.25) is 0 Å². The zero-order valence-electron chi connectivity index (χ0n) is 10.7. The predicted molar refractivity (Wildman–Crippen MR) is 80.3 cm³/mol. The minimum absolute atomic E-state index is 0.265. The highest BCUT2D eigenvalue weighted by Crippen LogP contribution is 2.28. The number of halogens is 1. The van der Waals surface area contributed by atoms with E-state index in [1.807, 2.05) is 32.0 Å². The fourth-order valence-electron chi connectivity index (χ4n) is 1.95. The number of anilines is 2. The summed E-state index contributed by atoms with van der Waals surface area (Å²) in [7, 11) is 0. The van der Waals surface area contributed by atoms with Crippen molar-refractivity contribution in [2.45, 2.75) is 13.8 Å². The summed E-state index contributed by atoms with van der Waals surface area (Å²) in [6.45, 7) is 4.01. The van der Waals surface area contributed by atoms with Crippen LogP contribution in [0.4, 0.5) is 11.4 Å². The van der Waals surface area contributed by atoms with Crippen molar-refractivity contribution in [2.75, 3.05) is 5.32 Å². The van der Waals surface area contributed by atoms with Gasteiger partial charge in [0.25, 0.3) is 0 Å². The first-order valence-corrected chi connectivity index (χ1v) is 6.64. The number of benzene rings is 2. The summed E-state index contributed by atoms with van der Waals surface area (Å²) in [5, 5.41) is 12.3. The molecule has 19 heavy (non-hydrogen) atoms. The van der Waals surface area contributed by atoms with Crippen molar-refractivity contribution >= 4 is 33.3 Å². The van der Waals surface area contributed by atoms with E-state index in [4.69, 9.17) is 5.11 Å². The van der Waals surface area contributed by atoms with E-state index in [0.29, 0.717) is 5.69 Å². The van der Waals surface area contributed by atoms with E-state index in [0.717, 1.165) is 21.3 Å². The number of nitrogens with one attached hydrogen (secondary N) is 1. The molecule has 0 atom stereocenters. The third kappa shape index (κ3) is 2.96. The normalized spacial score (nSPS) is 10.3. The van der Waals surface area contributed by atoms with E-state index in [1.165, 1.54) is 0 Å². The van der Waals surface area contributed by atoms with Crippen LogP contribution in [0.1, 0.15) is 21.5 Å². The zero-order chi connectivity index (χ0) is 14.0. The van der Waals surface area contributed by atoms with Crippen molar-refractivity contribution in [1.82, 2.24) is 0 Å². The molecule has 0 aliphatic heterocycles. The van der Waals surface area contributed by atoms with Crippen LogP contribution in [0.2, 0.25) is 0 Å². The number of hydrogen-bond donors (Lipinski definition) is 2. The highest BCUT2D eigenvalue weighted by Gasteiger charge is 2.10. The Hall–Kier alpha value is -1.81. The molecule has 0 saturated heterocycles. The molecule has 0 aromatic heterocycles. The van der Waals surface area contributed by atoms with Crippen LogP contribution in [0.5, 0.6) is 0 Å². The van der Waals surface area contributed by atoms with Crippen molar-refractivity contribution in [3.05, 3.63) is 57.6 Å². The van der Waals surface area contributed by atoms with Crippen LogP contribution in [0.3, 0.4) is 0 Å². The van der Waals surface area contributed by atoms with Crippen LogP contribution in [0, 0.1) is 13.8 Å². The lowest BCUT2D eigenvalue weighted by atomic mass is 10.1. The van der Waals surface area contributed by atoms with Gasteiger partial charge in [0, 0.05) is 10.2 Å². The molecule has 0 bridgehead atoms. The van der Waals surface area contributed by atoms with Gasteiger partial charge in [-0.25, -0.2) is 4.79 Å². The average Bonchev–Trinajstić information content (AvgIpc) is 2.36. The number of carboxylic acids is 1. The van der Waals surface area contributed by atoms with Gasteiger partial charge in [0.15, 0.2) is 0 Å². The molecule has 0 heterocycles. The lowest BCUT2D eigenvalue weighted by Crippen LogP contribution is -2.02. The molecule has 3 nitrogen and oxygen atoms in total. The SMILES string of the molecule is Cc1cc(Nc2ccccc2C(=O)O)cc(C)c1Br. The molecule has 0 unspecified atom stereocenters. The molecule has 0 aliphatic carbocycles. The molecule has 0 amide bonds. The van der Waals surface area contributed by atoms with Gasteiger partial charge in [-0.15, -0.1) is 0 Å². The molecule has 0 spiro atoms. The minimum Gasteiger partial charge on any atom is -0.478 e. The van der Waals surface area contributed by atoms with Gasteiger partial charge in [0.2, 0.25) is 0 Å². The second-order valence-electron chi connectivity index (χ2n) is 4.40. The van der Waals surface area contributed by atoms with Gasteiger partial charge in [-0.2, -0.15) is 0 Å². The van der Waals surface area contributed by atoms with Gasteiger partial charge >= 0.3 is 5.97 Å². The van der Waals surface area contributed by atoms with Gasteiger partial charge in [0.1, 0.15) is 0 Å². The highest BCUT2D eigenvalue weighted by molar-refractivity contribution is 9.10. The van der Waals surface area contributed by atoms with E-state index >= 15 is 0 Å². The molecular formula is C15H14BrNO2. The first kappa shape index (κ1) is 13.6. The predicted octanol–water partition coefficient (Wildman–Crippen LogP) is 4.51. The summed E-state index contributed by atoms with van der Waals surface area (Å²) < 4.78 is 1.07. The summed E-state index contributed by atoms with van der Waals surface area (Å²) in [5.41, 5.74) is 3.95. The smallest absolute Gasteiger partial charge is 0.337 e. The second kappa shape index (κ2) is 5.45. The third-order valence-corrected chi connectivity index (χ3v) is 4.12. The monoisotopic (exact) mass is 319 g/mol. The quantitative estimate of drug-likeness (QED) is 0.875. The molecule has 2 aromatic carbocycles. The highest BCUT2D eigenvalue weighted by atomic mass is 79.9. The molecule has 0 aliphatic rings. The summed E-state index contributed by atoms with van der Waals surface area (Å²) in [6, 6.07) is 10.8. The molecule has 0 saturated carbocycles. The van der Waals surface area contributed by atoms with E-state index in [9.17, 15) is 4.79 Å². The molecular weight excluding hydrogens is 306 g/mol. The average molecular weight is 320 g/mol. The Labute approximate surface area is 120 Å². The van der Waals surface area contributed by atoms with Crippen LogP contribution >= 0.6 is 15.9 Å². The first-order valence-electron chi connectivity index (χ1n) is 5.85. The van der Waals surface area contributed by atoms with Crippen molar-refractivity contribution < 1.29 is 9.90 Å². The number of hydrogen-bond acceptors (Lipinski definition) is 2. The van der Waals surface area contributed by atoms with E-state index in [-0.39, 0.29) is 5.56 Å². The molecule has 0 fully saturated rings. The van der Waals surface area contributed by atoms with E-state index < -0.39 is 5.97 Å². The van der Waals surface area contributed by atoms with Crippen LogP contribution in [0.15, 0.2) is 40.9 Å². The lowest BCUT2D eigenvalue weighted by molar-refractivity contribution is 0.0698. The fraction of sp³-hybridized carbons (Fsp3) is 0.133. The maximum absolute atomic E-state index is 11.2. The second-order valence-corrected chi connectivity index (χ2v) is 5.19. The maximum atomic E-state index is 11.2. The number of para-hydroxylation sites is 1.